The molecule has 8 heteroatoms. The molecule has 0 aliphatic rings. The third-order valence-corrected chi connectivity index (χ3v) is 5.79. The number of anilines is 1. The van der Waals surface area contributed by atoms with Crippen LogP contribution in [0.15, 0.2) is 81.3 Å². The van der Waals surface area contributed by atoms with Crippen molar-refractivity contribution in [3.05, 3.63) is 88.1 Å². The standard InChI is InChI=1S/C22H18ClN3O3S/c1-14(20(27)24-16-6-3-2-4-7-16)30-22-25-19-12-15(23)9-10-18(19)21(28)26(22)13-17-8-5-11-29-17/h2-12,14H,13H2,1H3,(H,24,27). The Labute approximate surface area is 181 Å². The van der Waals surface area contributed by atoms with E-state index in [9.17, 15) is 9.59 Å². The zero-order valence-corrected chi connectivity index (χ0v) is 17.6. The normalized spacial score (nSPS) is 12.1. The Morgan fingerprint density at radius 3 is 2.73 bits per heavy atom. The van der Waals surface area contributed by atoms with Crippen molar-refractivity contribution in [1.29, 1.82) is 0 Å². The molecule has 6 nitrogen and oxygen atoms in total. The van der Waals surface area contributed by atoms with Crippen LogP contribution >= 0.6 is 23.4 Å². The van der Waals surface area contributed by atoms with Crippen LogP contribution in [0.1, 0.15) is 12.7 Å². The summed E-state index contributed by atoms with van der Waals surface area (Å²) >= 11 is 7.30. The smallest absolute Gasteiger partial charge is 0.262 e. The van der Waals surface area contributed by atoms with Crippen LogP contribution in [-0.4, -0.2) is 20.7 Å². The Morgan fingerprint density at radius 2 is 2.00 bits per heavy atom. The topological polar surface area (TPSA) is 77.1 Å². The molecule has 2 aromatic heterocycles. The maximum atomic E-state index is 13.2. The minimum absolute atomic E-state index is 0.184. The van der Waals surface area contributed by atoms with Crippen molar-refractivity contribution in [1.82, 2.24) is 9.55 Å². The van der Waals surface area contributed by atoms with Crippen LogP contribution < -0.4 is 10.9 Å². The van der Waals surface area contributed by atoms with Crippen LogP contribution in [0.2, 0.25) is 5.02 Å². The third-order valence-electron chi connectivity index (χ3n) is 4.47. The summed E-state index contributed by atoms with van der Waals surface area (Å²) < 4.78 is 6.93. The van der Waals surface area contributed by atoms with E-state index in [4.69, 9.17) is 16.0 Å². The second-order valence-electron chi connectivity index (χ2n) is 6.64. The molecule has 4 aromatic rings. The third kappa shape index (κ3) is 4.42. The summed E-state index contributed by atoms with van der Waals surface area (Å²) in [6, 6.07) is 17.7. The first-order chi connectivity index (χ1) is 14.5. The molecule has 1 N–H and O–H groups in total. The number of aromatic nitrogens is 2. The van der Waals surface area contributed by atoms with Gasteiger partial charge in [-0.3, -0.25) is 14.2 Å². The van der Waals surface area contributed by atoms with Crippen LogP contribution in [0.3, 0.4) is 0 Å². The lowest BCUT2D eigenvalue weighted by Gasteiger charge is -2.16. The predicted molar refractivity (Wildman–Crippen MR) is 119 cm³/mol. The average Bonchev–Trinajstić information content (AvgIpc) is 3.24. The first-order valence-corrected chi connectivity index (χ1v) is 10.5. The maximum absolute atomic E-state index is 13.2. The summed E-state index contributed by atoms with van der Waals surface area (Å²) in [5, 5.41) is 3.75. The number of amides is 1. The molecule has 2 aromatic carbocycles. The van der Waals surface area contributed by atoms with E-state index in [0.717, 1.165) is 0 Å². The number of fused-ring (bicyclic) bond motifs is 1. The van der Waals surface area contributed by atoms with Crippen molar-refractivity contribution < 1.29 is 9.21 Å². The van der Waals surface area contributed by atoms with Gasteiger partial charge in [0, 0.05) is 10.7 Å². The van der Waals surface area contributed by atoms with Gasteiger partial charge in [0.1, 0.15) is 5.76 Å². The van der Waals surface area contributed by atoms with Gasteiger partial charge in [-0.1, -0.05) is 41.6 Å². The number of thioether (sulfide) groups is 1. The van der Waals surface area contributed by atoms with Crippen molar-refractivity contribution in [3.63, 3.8) is 0 Å². The lowest BCUT2D eigenvalue weighted by molar-refractivity contribution is -0.115. The van der Waals surface area contributed by atoms with Crippen molar-refractivity contribution in [2.75, 3.05) is 5.32 Å². The Bertz CT molecular complexity index is 1240. The van der Waals surface area contributed by atoms with E-state index in [-0.39, 0.29) is 18.0 Å². The van der Waals surface area contributed by atoms with Crippen LogP contribution in [0.5, 0.6) is 0 Å². The number of rotatable bonds is 6. The number of benzene rings is 2. The van der Waals surface area contributed by atoms with Gasteiger partial charge in [0.2, 0.25) is 5.91 Å². The molecule has 0 aliphatic carbocycles. The lowest BCUT2D eigenvalue weighted by Crippen LogP contribution is -2.27. The van der Waals surface area contributed by atoms with Crippen molar-refractivity contribution in [3.8, 4) is 0 Å². The SMILES string of the molecule is CC(Sc1nc2cc(Cl)ccc2c(=O)n1Cc1ccco1)C(=O)Nc1ccccc1. The largest absolute Gasteiger partial charge is 0.467 e. The lowest BCUT2D eigenvalue weighted by atomic mass is 10.2. The first kappa shape index (κ1) is 20.3. The van der Waals surface area contributed by atoms with Gasteiger partial charge < -0.3 is 9.73 Å². The van der Waals surface area contributed by atoms with E-state index in [1.54, 1.807) is 43.5 Å². The Hall–Kier alpha value is -3.03. The fraction of sp³-hybridized carbons (Fsp3) is 0.136. The van der Waals surface area contributed by atoms with E-state index in [2.05, 4.69) is 10.3 Å². The monoisotopic (exact) mass is 439 g/mol. The average molecular weight is 440 g/mol. The van der Waals surface area contributed by atoms with E-state index < -0.39 is 5.25 Å². The van der Waals surface area contributed by atoms with Gasteiger partial charge in [0.25, 0.3) is 5.56 Å². The summed E-state index contributed by atoms with van der Waals surface area (Å²) in [6.07, 6.45) is 1.55. The molecule has 152 valence electrons. The van der Waals surface area contributed by atoms with Crippen LogP contribution in [0, 0.1) is 0 Å². The highest BCUT2D eigenvalue weighted by molar-refractivity contribution is 8.00. The molecule has 0 aliphatic heterocycles. The Morgan fingerprint density at radius 1 is 1.20 bits per heavy atom. The maximum Gasteiger partial charge on any atom is 0.262 e. The fourth-order valence-electron chi connectivity index (χ4n) is 2.94. The highest BCUT2D eigenvalue weighted by Crippen LogP contribution is 2.25. The van der Waals surface area contributed by atoms with Gasteiger partial charge >= 0.3 is 0 Å². The summed E-state index contributed by atoms with van der Waals surface area (Å²) in [5.74, 6) is 0.437. The molecule has 0 bridgehead atoms. The van der Waals surface area contributed by atoms with E-state index in [1.165, 1.54) is 16.3 Å². The molecule has 2 heterocycles. The van der Waals surface area contributed by atoms with E-state index >= 15 is 0 Å². The zero-order chi connectivity index (χ0) is 21.1. The van der Waals surface area contributed by atoms with Gasteiger partial charge in [0.15, 0.2) is 5.16 Å². The number of furan rings is 1. The van der Waals surface area contributed by atoms with Gasteiger partial charge in [-0.15, -0.1) is 0 Å². The first-order valence-electron chi connectivity index (χ1n) is 9.26. The number of carbonyl (C=O) groups excluding carboxylic acids is 1. The quantitative estimate of drug-likeness (QED) is 0.344. The van der Waals surface area contributed by atoms with Crippen molar-refractivity contribution in [2.45, 2.75) is 23.9 Å². The molecule has 4 rings (SSSR count). The predicted octanol–water partition coefficient (Wildman–Crippen LogP) is 4.81. The van der Waals surface area contributed by atoms with Crippen LogP contribution in [0.4, 0.5) is 5.69 Å². The van der Waals surface area contributed by atoms with Crippen LogP contribution in [-0.2, 0) is 11.3 Å². The molecular weight excluding hydrogens is 422 g/mol. The molecular formula is C22H18ClN3O3S. The van der Waals surface area contributed by atoms with Gasteiger partial charge in [-0.25, -0.2) is 4.98 Å². The molecule has 0 fully saturated rings. The molecule has 0 saturated heterocycles. The number of carbonyl (C=O) groups is 1. The number of nitrogens with one attached hydrogen (secondary N) is 1. The highest BCUT2D eigenvalue weighted by atomic mass is 35.5. The molecule has 1 amide bonds. The zero-order valence-electron chi connectivity index (χ0n) is 16.0. The Kier molecular flexibility index (Phi) is 5.92. The summed E-state index contributed by atoms with van der Waals surface area (Å²) in [4.78, 5) is 30.4. The van der Waals surface area contributed by atoms with E-state index in [0.29, 0.717) is 32.5 Å². The molecule has 1 atom stereocenters. The number of para-hydroxylation sites is 1. The number of halogens is 1. The van der Waals surface area contributed by atoms with Crippen molar-refractivity contribution >= 4 is 45.9 Å². The fourth-order valence-corrected chi connectivity index (χ4v) is 4.01. The minimum Gasteiger partial charge on any atom is -0.467 e. The van der Waals surface area contributed by atoms with Crippen LogP contribution in [0.25, 0.3) is 10.9 Å². The number of nitrogens with zero attached hydrogens (tertiary/aromatic N) is 2. The summed E-state index contributed by atoms with van der Waals surface area (Å²) in [7, 11) is 0. The van der Waals surface area contributed by atoms with E-state index in [1.807, 2.05) is 30.3 Å². The van der Waals surface area contributed by atoms with Gasteiger partial charge in [0.05, 0.1) is 29.0 Å². The Balaban J connectivity index is 1.68. The molecule has 0 spiro atoms. The second kappa shape index (κ2) is 8.77. The summed E-state index contributed by atoms with van der Waals surface area (Å²) in [6.45, 7) is 1.99. The highest BCUT2D eigenvalue weighted by Gasteiger charge is 2.20. The van der Waals surface area contributed by atoms with Crippen molar-refractivity contribution in [2.24, 2.45) is 0 Å². The molecule has 30 heavy (non-hydrogen) atoms. The number of hydrogen-bond acceptors (Lipinski definition) is 5. The second-order valence-corrected chi connectivity index (χ2v) is 8.39. The molecule has 0 saturated carbocycles. The minimum atomic E-state index is -0.489. The number of hydrogen-bond donors (Lipinski definition) is 1. The summed E-state index contributed by atoms with van der Waals surface area (Å²) in [5.41, 5.74) is 0.980. The molecule has 0 radical (unpaired) electrons. The van der Waals surface area contributed by atoms with Gasteiger partial charge in [-0.05, 0) is 49.4 Å². The molecule has 1 unspecified atom stereocenters. The van der Waals surface area contributed by atoms with Gasteiger partial charge in [-0.2, -0.15) is 0 Å².